The Hall–Kier alpha value is -2.17. The number of carbonyl (C=O) groups excluding carboxylic acids is 1. The van der Waals surface area contributed by atoms with Crippen molar-refractivity contribution in [3.8, 4) is 0 Å². The third-order valence-corrected chi connectivity index (χ3v) is 7.84. The van der Waals surface area contributed by atoms with Crippen molar-refractivity contribution in [1.82, 2.24) is 14.7 Å². The normalized spacial score (nSPS) is 22.8. The second kappa shape index (κ2) is 10.2. The van der Waals surface area contributed by atoms with Crippen LogP contribution in [0.1, 0.15) is 42.4 Å². The summed E-state index contributed by atoms with van der Waals surface area (Å²) in [4.78, 5) is 20.2. The number of piperazine rings is 1. The van der Waals surface area contributed by atoms with E-state index in [1.807, 2.05) is 0 Å². The Kier molecular flexibility index (Phi) is 6.89. The predicted octanol–water partition coefficient (Wildman–Crippen LogP) is 3.99. The summed E-state index contributed by atoms with van der Waals surface area (Å²) < 4.78 is 0. The Morgan fingerprint density at radius 3 is 2.25 bits per heavy atom. The number of likely N-dealkylation sites (tertiary alicyclic amines) is 1. The third-order valence-electron chi connectivity index (χ3n) is 7.84. The monoisotopic (exact) mass is 431 g/mol. The lowest BCUT2D eigenvalue weighted by Crippen LogP contribution is -2.48. The predicted molar refractivity (Wildman–Crippen MR) is 129 cm³/mol. The Morgan fingerprint density at radius 2 is 1.53 bits per heavy atom. The molecule has 170 valence electrons. The van der Waals surface area contributed by atoms with Crippen LogP contribution in [0.2, 0.25) is 0 Å². The Bertz CT molecular complexity index is 866. The zero-order chi connectivity index (χ0) is 21.8. The number of carbonyl (C=O) groups is 1. The van der Waals surface area contributed by atoms with Crippen molar-refractivity contribution >= 4 is 5.91 Å². The Morgan fingerprint density at radius 1 is 0.844 bits per heavy atom. The van der Waals surface area contributed by atoms with E-state index in [0.717, 1.165) is 45.6 Å². The minimum absolute atomic E-state index is 0.370. The van der Waals surface area contributed by atoms with Gasteiger partial charge in [-0.15, -0.1) is 0 Å². The third kappa shape index (κ3) is 5.24. The number of benzene rings is 2. The molecule has 4 heteroatoms. The fraction of sp³-hybridized carbons (Fsp3) is 0.536. The van der Waals surface area contributed by atoms with Crippen LogP contribution in [0.5, 0.6) is 0 Å². The van der Waals surface area contributed by atoms with Crippen molar-refractivity contribution in [2.75, 3.05) is 39.3 Å². The van der Waals surface area contributed by atoms with Gasteiger partial charge in [-0.3, -0.25) is 14.6 Å². The highest BCUT2D eigenvalue weighted by atomic mass is 16.2. The molecule has 0 bridgehead atoms. The largest absolute Gasteiger partial charge is 0.340 e. The fourth-order valence-electron chi connectivity index (χ4n) is 5.94. The summed E-state index contributed by atoms with van der Waals surface area (Å²) in [5, 5.41) is 0. The molecule has 1 unspecified atom stereocenters. The second-order valence-corrected chi connectivity index (χ2v) is 10.0. The van der Waals surface area contributed by atoms with E-state index in [0.29, 0.717) is 17.9 Å². The standard InChI is InChI=1S/C28H37N3O/c32-28(30-17-15-29(16-18-30)21-23-7-2-1-3-8-23)13-12-24-9-6-14-31(22-24)27-19-25-10-4-5-11-26(25)20-27/h1-5,7-8,10-11,24,27H,6,9,12-22H2. The summed E-state index contributed by atoms with van der Waals surface area (Å²) >= 11 is 0. The molecule has 2 heterocycles. The molecule has 0 aromatic heterocycles. The molecule has 1 amide bonds. The summed E-state index contributed by atoms with van der Waals surface area (Å²) in [6.07, 6.45) is 6.75. The van der Waals surface area contributed by atoms with E-state index in [4.69, 9.17) is 0 Å². The molecule has 2 fully saturated rings. The second-order valence-electron chi connectivity index (χ2n) is 10.0. The zero-order valence-corrected chi connectivity index (χ0v) is 19.3. The minimum atomic E-state index is 0.370. The number of rotatable bonds is 6. The van der Waals surface area contributed by atoms with Gasteiger partial charge in [0.05, 0.1) is 0 Å². The summed E-state index contributed by atoms with van der Waals surface area (Å²) in [5.74, 6) is 1.05. The van der Waals surface area contributed by atoms with Crippen LogP contribution in [-0.4, -0.2) is 65.9 Å². The first-order valence-electron chi connectivity index (χ1n) is 12.6. The molecule has 4 nitrogen and oxygen atoms in total. The van der Waals surface area contributed by atoms with Gasteiger partial charge in [0.2, 0.25) is 5.91 Å². The van der Waals surface area contributed by atoms with Crippen LogP contribution in [0.15, 0.2) is 54.6 Å². The molecule has 5 rings (SSSR count). The highest BCUT2D eigenvalue weighted by Crippen LogP contribution is 2.30. The van der Waals surface area contributed by atoms with E-state index >= 15 is 0 Å². The number of nitrogens with zero attached hydrogens (tertiary/aromatic N) is 3. The van der Waals surface area contributed by atoms with Gasteiger partial charge >= 0.3 is 0 Å². The number of hydrogen-bond donors (Lipinski definition) is 0. The number of hydrogen-bond acceptors (Lipinski definition) is 3. The molecular weight excluding hydrogens is 394 g/mol. The van der Waals surface area contributed by atoms with E-state index in [1.54, 1.807) is 11.1 Å². The topological polar surface area (TPSA) is 26.8 Å². The van der Waals surface area contributed by atoms with Crippen LogP contribution in [0.25, 0.3) is 0 Å². The van der Waals surface area contributed by atoms with Crippen molar-refractivity contribution in [1.29, 1.82) is 0 Å². The lowest BCUT2D eigenvalue weighted by atomic mass is 9.91. The molecule has 1 aliphatic carbocycles. The Balaban J connectivity index is 1.04. The maximum Gasteiger partial charge on any atom is 0.222 e. The highest BCUT2D eigenvalue weighted by Gasteiger charge is 2.31. The minimum Gasteiger partial charge on any atom is -0.340 e. The van der Waals surface area contributed by atoms with Crippen LogP contribution in [0.3, 0.4) is 0 Å². The van der Waals surface area contributed by atoms with E-state index < -0.39 is 0 Å². The van der Waals surface area contributed by atoms with Crippen LogP contribution >= 0.6 is 0 Å². The van der Waals surface area contributed by atoms with E-state index in [1.165, 1.54) is 44.3 Å². The molecular formula is C28H37N3O. The maximum absolute atomic E-state index is 12.9. The summed E-state index contributed by atoms with van der Waals surface area (Å²) in [7, 11) is 0. The molecule has 1 atom stereocenters. The van der Waals surface area contributed by atoms with Crippen molar-refractivity contribution in [2.24, 2.45) is 5.92 Å². The average molecular weight is 432 g/mol. The molecule has 3 aliphatic rings. The van der Waals surface area contributed by atoms with Gasteiger partial charge in [-0.1, -0.05) is 54.6 Å². The SMILES string of the molecule is O=C(CCC1CCCN(C2Cc3ccccc3C2)C1)N1CCN(Cc2ccccc2)CC1. The van der Waals surface area contributed by atoms with Gasteiger partial charge in [0.1, 0.15) is 0 Å². The smallest absolute Gasteiger partial charge is 0.222 e. The number of fused-ring (bicyclic) bond motifs is 1. The van der Waals surface area contributed by atoms with Gasteiger partial charge in [-0.2, -0.15) is 0 Å². The van der Waals surface area contributed by atoms with Crippen molar-refractivity contribution in [3.63, 3.8) is 0 Å². The lowest BCUT2D eigenvalue weighted by molar-refractivity contribution is -0.133. The van der Waals surface area contributed by atoms with E-state index in [2.05, 4.69) is 69.3 Å². The van der Waals surface area contributed by atoms with Crippen LogP contribution < -0.4 is 0 Å². The number of piperidine rings is 1. The molecule has 0 N–H and O–H groups in total. The first kappa shape index (κ1) is 21.7. The maximum atomic E-state index is 12.9. The van der Waals surface area contributed by atoms with Gasteiger partial charge in [0, 0.05) is 51.7 Å². The van der Waals surface area contributed by atoms with Crippen LogP contribution in [-0.2, 0) is 24.2 Å². The molecule has 2 saturated heterocycles. The Labute approximate surface area is 193 Å². The molecule has 0 radical (unpaired) electrons. The highest BCUT2D eigenvalue weighted by molar-refractivity contribution is 5.76. The number of amides is 1. The summed E-state index contributed by atoms with van der Waals surface area (Å²) in [6.45, 7) is 7.13. The van der Waals surface area contributed by atoms with Gasteiger partial charge in [-0.25, -0.2) is 0 Å². The average Bonchev–Trinajstić information content (AvgIpc) is 3.28. The van der Waals surface area contributed by atoms with Gasteiger partial charge < -0.3 is 4.90 Å². The van der Waals surface area contributed by atoms with Gasteiger partial charge in [-0.05, 0) is 61.3 Å². The van der Waals surface area contributed by atoms with E-state index in [9.17, 15) is 4.79 Å². The van der Waals surface area contributed by atoms with E-state index in [-0.39, 0.29) is 0 Å². The van der Waals surface area contributed by atoms with Gasteiger partial charge in [0.15, 0.2) is 0 Å². The first-order chi connectivity index (χ1) is 15.7. The van der Waals surface area contributed by atoms with Crippen molar-refractivity contribution in [2.45, 2.75) is 51.1 Å². The molecule has 2 aliphatic heterocycles. The van der Waals surface area contributed by atoms with Crippen LogP contribution in [0.4, 0.5) is 0 Å². The van der Waals surface area contributed by atoms with Crippen LogP contribution in [0, 0.1) is 5.92 Å². The first-order valence-corrected chi connectivity index (χ1v) is 12.6. The quantitative estimate of drug-likeness (QED) is 0.692. The molecule has 0 spiro atoms. The van der Waals surface area contributed by atoms with Crippen molar-refractivity contribution < 1.29 is 4.79 Å². The molecule has 2 aromatic rings. The summed E-state index contributed by atoms with van der Waals surface area (Å²) in [5.41, 5.74) is 4.45. The summed E-state index contributed by atoms with van der Waals surface area (Å²) in [6, 6.07) is 20.3. The zero-order valence-electron chi connectivity index (χ0n) is 19.3. The molecule has 32 heavy (non-hydrogen) atoms. The lowest BCUT2D eigenvalue weighted by Gasteiger charge is -2.37. The molecule has 0 saturated carbocycles. The van der Waals surface area contributed by atoms with Gasteiger partial charge in [0.25, 0.3) is 0 Å². The fourth-order valence-corrected chi connectivity index (χ4v) is 5.94. The molecule has 2 aromatic carbocycles. The van der Waals surface area contributed by atoms with Crippen molar-refractivity contribution in [3.05, 3.63) is 71.3 Å².